The molecular weight excluding hydrogens is 254 g/mol. The highest BCUT2D eigenvalue weighted by Crippen LogP contribution is 2.14. The van der Waals surface area contributed by atoms with Crippen molar-refractivity contribution in [3.63, 3.8) is 0 Å². The number of carbonyl (C=O) groups excluding carboxylic acids is 1. The zero-order valence-electron chi connectivity index (χ0n) is 12.6. The van der Waals surface area contributed by atoms with Gasteiger partial charge in [-0.2, -0.15) is 0 Å². The number of carbonyl (C=O) groups is 1. The first kappa shape index (κ1) is 16.5. The summed E-state index contributed by atoms with van der Waals surface area (Å²) in [6.45, 7) is 6.71. The number of nitrogens with one attached hydrogen (secondary N) is 1. The van der Waals surface area contributed by atoms with E-state index in [1.807, 2.05) is 45.0 Å². The molecule has 1 unspecified atom stereocenters. The highest BCUT2D eigenvalue weighted by molar-refractivity contribution is 5.79. The Morgan fingerprint density at radius 1 is 1.40 bits per heavy atom. The number of hydrogen-bond donors (Lipinski definition) is 2. The van der Waals surface area contributed by atoms with Gasteiger partial charge in [0, 0.05) is 12.6 Å². The molecule has 0 heterocycles. The lowest BCUT2D eigenvalue weighted by atomic mass is 10.0. The molecular formula is C16H25NO3. The van der Waals surface area contributed by atoms with Crippen LogP contribution in [0.15, 0.2) is 24.3 Å². The lowest BCUT2D eigenvalue weighted by molar-refractivity contribution is -0.121. The highest BCUT2D eigenvalue weighted by Gasteiger charge is 2.15. The van der Waals surface area contributed by atoms with Crippen LogP contribution in [0.1, 0.15) is 32.8 Å². The monoisotopic (exact) mass is 279 g/mol. The zero-order chi connectivity index (χ0) is 15.0. The fourth-order valence-corrected chi connectivity index (χ4v) is 2.07. The van der Waals surface area contributed by atoms with Crippen molar-refractivity contribution in [2.45, 2.75) is 39.7 Å². The molecule has 1 rings (SSSR count). The minimum atomic E-state index is -0.0224. The first-order valence-electron chi connectivity index (χ1n) is 7.18. The predicted molar refractivity (Wildman–Crippen MR) is 79.8 cm³/mol. The Bertz CT molecular complexity index is 418. The van der Waals surface area contributed by atoms with Crippen LogP contribution in [0.2, 0.25) is 0 Å². The minimum absolute atomic E-state index is 0.0163. The first-order valence-corrected chi connectivity index (χ1v) is 7.18. The van der Waals surface area contributed by atoms with E-state index < -0.39 is 0 Å². The van der Waals surface area contributed by atoms with Crippen LogP contribution in [0, 0.1) is 5.92 Å². The third-order valence-electron chi connectivity index (χ3n) is 3.17. The predicted octanol–water partition coefficient (Wildman–Crippen LogP) is 2.15. The Kier molecular flexibility index (Phi) is 7.09. The van der Waals surface area contributed by atoms with Crippen LogP contribution in [0.5, 0.6) is 5.75 Å². The molecule has 0 aliphatic rings. The lowest BCUT2D eigenvalue weighted by Gasteiger charge is -2.21. The third-order valence-corrected chi connectivity index (χ3v) is 3.17. The Balaban J connectivity index is 2.58. The van der Waals surface area contributed by atoms with Gasteiger partial charge in [0.1, 0.15) is 5.75 Å². The number of benzene rings is 1. The Hall–Kier alpha value is -1.55. The van der Waals surface area contributed by atoms with Gasteiger partial charge in [0.15, 0.2) is 0 Å². The molecule has 1 aromatic rings. The van der Waals surface area contributed by atoms with Crippen molar-refractivity contribution in [2.24, 2.45) is 5.92 Å². The van der Waals surface area contributed by atoms with Crippen LogP contribution in [-0.4, -0.2) is 30.3 Å². The molecule has 1 amide bonds. The summed E-state index contributed by atoms with van der Waals surface area (Å²) in [5, 5.41) is 12.0. The average Bonchev–Trinajstić information content (AvgIpc) is 2.38. The van der Waals surface area contributed by atoms with Gasteiger partial charge in [0.2, 0.25) is 5.91 Å². The van der Waals surface area contributed by atoms with Crippen molar-refractivity contribution >= 4 is 5.91 Å². The van der Waals surface area contributed by atoms with Gasteiger partial charge in [-0.3, -0.25) is 4.79 Å². The van der Waals surface area contributed by atoms with E-state index in [1.165, 1.54) is 0 Å². The zero-order valence-corrected chi connectivity index (χ0v) is 12.6. The summed E-state index contributed by atoms with van der Waals surface area (Å²) in [5.74, 6) is 1.07. The Morgan fingerprint density at radius 2 is 2.15 bits per heavy atom. The van der Waals surface area contributed by atoms with E-state index in [1.54, 1.807) is 0 Å². The van der Waals surface area contributed by atoms with Crippen LogP contribution in [0.25, 0.3) is 0 Å². The molecule has 0 aliphatic heterocycles. The summed E-state index contributed by atoms with van der Waals surface area (Å²) in [7, 11) is 0. The van der Waals surface area contributed by atoms with Crippen molar-refractivity contribution in [1.29, 1.82) is 0 Å². The maximum Gasteiger partial charge on any atom is 0.224 e. The summed E-state index contributed by atoms with van der Waals surface area (Å²) < 4.78 is 5.42. The van der Waals surface area contributed by atoms with Gasteiger partial charge < -0.3 is 15.2 Å². The highest BCUT2D eigenvalue weighted by atomic mass is 16.5. The van der Waals surface area contributed by atoms with Crippen LogP contribution >= 0.6 is 0 Å². The molecule has 20 heavy (non-hydrogen) atoms. The largest absolute Gasteiger partial charge is 0.494 e. The van der Waals surface area contributed by atoms with E-state index in [9.17, 15) is 4.79 Å². The second-order valence-corrected chi connectivity index (χ2v) is 5.19. The van der Waals surface area contributed by atoms with Crippen LogP contribution in [0.4, 0.5) is 0 Å². The molecule has 1 aromatic carbocycles. The fourth-order valence-electron chi connectivity index (χ4n) is 2.07. The Morgan fingerprint density at radius 3 is 2.75 bits per heavy atom. The van der Waals surface area contributed by atoms with Crippen molar-refractivity contribution in [3.8, 4) is 5.75 Å². The van der Waals surface area contributed by atoms with E-state index in [4.69, 9.17) is 9.84 Å². The fraction of sp³-hybridized carbons (Fsp3) is 0.562. The van der Waals surface area contributed by atoms with Crippen molar-refractivity contribution in [2.75, 3.05) is 13.2 Å². The van der Waals surface area contributed by atoms with Gasteiger partial charge in [-0.1, -0.05) is 26.0 Å². The van der Waals surface area contributed by atoms with E-state index >= 15 is 0 Å². The molecule has 0 bridgehead atoms. The summed E-state index contributed by atoms with van der Waals surface area (Å²) in [4.78, 5) is 12.0. The van der Waals surface area contributed by atoms with Crippen LogP contribution < -0.4 is 10.1 Å². The second-order valence-electron chi connectivity index (χ2n) is 5.19. The van der Waals surface area contributed by atoms with Gasteiger partial charge in [-0.15, -0.1) is 0 Å². The average molecular weight is 279 g/mol. The smallest absolute Gasteiger partial charge is 0.224 e. The normalized spacial score (nSPS) is 12.2. The molecule has 0 aromatic heterocycles. The Labute approximate surface area is 121 Å². The standard InChI is InChI=1S/C16H25NO3/c1-4-20-14-7-5-6-13(10-14)11-16(19)17-15(8-9-18)12(2)3/h5-7,10,12,15,18H,4,8-9,11H2,1-3H3,(H,17,19). The van der Waals surface area contributed by atoms with Gasteiger partial charge in [-0.25, -0.2) is 0 Å². The molecule has 0 radical (unpaired) electrons. The number of rotatable bonds is 8. The minimum Gasteiger partial charge on any atom is -0.494 e. The van der Waals surface area contributed by atoms with Crippen molar-refractivity contribution < 1.29 is 14.6 Å². The van der Waals surface area contributed by atoms with Gasteiger partial charge in [0.25, 0.3) is 0 Å². The summed E-state index contributed by atoms with van der Waals surface area (Å²) in [5.41, 5.74) is 0.931. The summed E-state index contributed by atoms with van der Waals surface area (Å²) in [6, 6.07) is 7.59. The number of aliphatic hydroxyl groups excluding tert-OH is 1. The number of ether oxygens (including phenoxy) is 1. The van der Waals surface area contributed by atoms with E-state index in [0.717, 1.165) is 11.3 Å². The molecule has 0 aliphatic carbocycles. The quantitative estimate of drug-likeness (QED) is 0.766. The summed E-state index contributed by atoms with van der Waals surface area (Å²) in [6.07, 6.45) is 0.915. The number of amides is 1. The van der Waals surface area contributed by atoms with E-state index in [0.29, 0.717) is 25.4 Å². The third kappa shape index (κ3) is 5.61. The van der Waals surface area contributed by atoms with Gasteiger partial charge in [-0.05, 0) is 37.0 Å². The van der Waals surface area contributed by atoms with Crippen molar-refractivity contribution in [3.05, 3.63) is 29.8 Å². The molecule has 4 heteroatoms. The molecule has 112 valence electrons. The molecule has 1 atom stereocenters. The summed E-state index contributed by atoms with van der Waals surface area (Å²) >= 11 is 0. The second kappa shape index (κ2) is 8.59. The number of hydrogen-bond acceptors (Lipinski definition) is 3. The van der Waals surface area contributed by atoms with Crippen LogP contribution in [0.3, 0.4) is 0 Å². The SMILES string of the molecule is CCOc1cccc(CC(=O)NC(CCO)C(C)C)c1. The van der Waals surface area contributed by atoms with E-state index in [-0.39, 0.29) is 18.6 Å². The molecule has 2 N–H and O–H groups in total. The van der Waals surface area contributed by atoms with E-state index in [2.05, 4.69) is 5.32 Å². The first-order chi connectivity index (χ1) is 9.56. The number of aliphatic hydroxyl groups is 1. The van der Waals surface area contributed by atoms with Crippen LogP contribution in [-0.2, 0) is 11.2 Å². The molecule has 0 saturated carbocycles. The molecule has 0 fully saturated rings. The maximum absolute atomic E-state index is 12.0. The van der Waals surface area contributed by atoms with Gasteiger partial charge in [0.05, 0.1) is 13.0 Å². The molecule has 0 saturated heterocycles. The maximum atomic E-state index is 12.0. The lowest BCUT2D eigenvalue weighted by Crippen LogP contribution is -2.40. The topological polar surface area (TPSA) is 58.6 Å². The molecule has 4 nitrogen and oxygen atoms in total. The van der Waals surface area contributed by atoms with Crippen molar-refractivity contribution in [1.82, 2.24) is 5.32 Å². The van der Waals surface area contributed by atoms with Gasteiger partial charge >= 0.3 is 0 Å². The molecule has 0 spiro atoms.